The second-order valence-corrected chi connectivity index (χ2v) is 6.60. The van der Waals surface area contributed by atoms with Crippen molar-refractivity contribution < 1.29 is 4.74 Å². The second-order valence-electron chi connectivity index (χ2n) is 6.60. The molecule has 2 N–H and O–H groups in total. The maximum atomic E-state index is 5.54. The van der Waals surface area contributed by atoms with Gasteiger partial charge in [-0.3, -0.25) is 0 Å². The van der Waals surface area contributed by atoms with Crippen LogP contribution in [-0.2, 0) is 4.74 Å². The fraction of sp³-hybridized carbons (Fsp3) is 1.00. The Morgan fingerprint density at radius 2 is 1.60 bits per heavy atom. The summed E-state index contributed by atoms with van der Waals surface area (Å²) in [5.74, 6) is 0. The van der Waals surface area contributed by atoms with Gasteiger partial charge in [-0.05, 0) is 65.7 Å². The summed E-state index contributed by atoms with van der Waals surface area (Å²) in [5, 5.41) is 0. The molecule has 1 heterocycles. The Morgan fingerprint density at radius 3 is 2.20 bits per heavy atom. The third-order valence-electron chi connectivity index (χ3n) is 4.44. The van der Waals surface area contributed by atoms with Crippen molar-refractivity contribution in [2.75, 3.05) is 52.9 Å². The minimum atomic E-state index is 0.00815. The first-order valence-corrected chi connectivity index (χ1v) is 8.27. The van der Waals surface area contributed by atoms with Crippen molar-refractivity contribution in [1.29, 1.82) is 0 Å². The molecule has 0 amide bonds. The Morgan fingerprint density at radius 1 is 0.950 bits per heavy atom. The number of hydrogen-bond acceptors (Lipinski definition) is 4. The van der Waals surface area contributed by atoms with Crippen LogP contribution in [0.15, 0.2) is 0 Å². The first-order valence-electron chi connectivity index (χ1n) is 8.27. The Hall–Kier alpha value is -0.160. The van der Waals surface area contributed by atoms with E-state index in [0.717, 1.165) is 19.5 Å². The van der Waals surface area contributed by atoms with E-state index in [0.29, 0.717) is 0 Å². The van der Waals surface area contributed by atoms with E-state index >= 15 is 0 Å². The summed E-state index contributed by atoms with van der Waals surface area (Å²) in [6.45, 7) is 12.5. The van der Waals surface area contributed by atoms with Crippen LogP contribution < -0.4 is 5.73 Å². The second kappa shape index (κ2) is 9.72. The van der Waals surface area contributed by atoms with Gasteiger partial charge in [-0.2, -0.15) is 0 Å². The number of nitrogens with zero attached hydrogens (tertiary/aromatic N) is 2. The molecule has 20 heavy (non-hydrogen) atoms. The van der Waals surface area contributed by atoms with Gasteiger partial charge in [0.2, 0.25) is 0 Å². The summed E-state index contributed by atoms with van der Waals surface area (Å²) in [5.41, 5.74) is 5.55. The van der Waals surface area contributed by atoms with Crippen molar-refractivity contribution in [2.24, 2.45) is 5.73 Å². The van der Waals surface area contributed by atoms with Gasteiger partial charge in [0, 0.05) is 26.7 Å². The lowest BCUT2D eigenvalue weighted by Crippen LogP contribution is -2.35. The average molecular weight is 285 g/mol. The molecule has 0 bridgehead atoms. The summed E-state index contributed by atoms with van der Waals surface area (Å²) in [7, 11) is 1.81. The smallest absolute Gasteiger partial charge is 0.0634 e. The largest absolute Gasteiger partial charge is 0.379 e. The fourth-order valence-corrected chi connectivity index (χ4v) is 2.66. The Labute approximate surface area is 125 Å². The van der Waals surface area contributed by atoms with Crippen LogP contribution in [0.25, 0.3) is 0 Å². The van der Waals surface area contributed by atoms with Gasteiger partial charge in [-0.15, -0.1) is 0 Å². The highest BCUT2D eigenvalue weighted by Crippen LogP contribution is 2.14. The minimum absolute atomic E-state index is 0.00815. The molecular formula is C16H35N3O. The predicted molar refractivity (Wildman–Crippen MR) is 86.1 cm³/mol. The molecule has 0 aliphatic carbocycles. The molecule has 120 valence electrons. The summed E-state index contributed by atoms with van der Waals surface area (Å²) in [6.07, 6.45) is 6.16. The minimum Gasteiger partial charge on any atom is -0.379 e. The van der Waals surface area contributed by atoms with Gasteiger partial charge >= 0.3 is 0 Å². The maximum absolute atomic E-state index is 5.54. The molecule has 0 radical (unpaired) electrons. The third-order valence-corrected chi connectivity index (χ3v) is 4.44. The molecule has 0 atom stereocenters. The number of ether oxygens (including phenoxy) is 1. The zero-order valence-corrected chi connectivity index (χ0v) is 13.9. The number of rotatable bonds is 9. The molecule has 1 aliphatic heterocycles. The van der Waals surface area contributed by atoms with E-state index in [1.165, 1.54) is 58.4 Å². The number of hydrogen-bond donors (Lipinski definition) is 1. The quantitative estimate of drug-likeness (QED) is 0.657. The van der Waals surface area contributed by atoms with E-state index in [9.17, 15) is 0 Å². The van der Waals surface area contributed by atoms with E-state index in [2.05, 4.69) is 23.6 Å². The fourth-order valence-electron chi connectivity index (χ4n) is 2.66. The Bertz CT molecular complexity index is 246. The van der Waals surface area contributed by atoms with Crippen LogP contribution in [0.1, 0.15) is 46.0 Å². The Balaban J connectivity index is 2.18. The number of methoxy groups -OCH3 is 1. The van der Waals surface area contributed by atoms with Gasteiger partial charge in [-0.25, -0.2) is 0 Å². The van der Waals surface area contributed by atoms with Crippen LogP contribution in [0, 0.1) is 0 Å². The first-order chi connectivity index (χ1) is 9.57. The van der Waals surface area contributed by atoms with E-state index in [1.807, 2.05) is 7.11 Å². The van der Waals surface area contributed by atoms with Gasteiger partial charge in [0.15, 0.2) is 0 Å². The van der Waals surface area contributed by atoms with E-state index in [-0.39, 0.29) is 5.60 Å². The monoisotopic (exact) mass is 285 g/mol. The molecule has 0 aromatic carbocycles. The molecule has 4 heteroatoms. The van der Waals surface area contributed by atoms with Crippen LogP contribution in [0.4, 0.5) is 0 Å². The topological polar surface area (TPSA) is 41.7 Å². The van der Waals surface area contributed by atoms with Gasteiger partial charge in [0.05, 0.1) is 5.60 Å². The van der Waals surface area contributed by atoms with Crippen molar-refractivity contribution >= 4 is 0 Å². The predicted octanol–water partition coefficient (Wildman–Crippen LogP) is 1.94. The lowest BCUT2D eigenvalue weighted by molar-refractivity contribution is 0.00770. The van der Waals surface area contributed by atoms with Gasteiger partial charge in [0.25, 0.3) is 0 Å². The summed E-state index contributed by atoms with van der Waals surface area (Å²) >= 11 is 0. The average Bonchev–Trinajstić information content (AvgIpc) is 2.67. The highest BCUT2D eigenvalue weighted by Gasteiger charge is 2.20. The van der Waals surface area contributed by atoms with Crippen molar-refractivity contribution in [2.45, 2.75) is 51.6 Å². The highest BCUT2D eigenvalue weighted by molar-refractivity contribution is 4.74. The van der Waals surface area contributed by atoms with Gasteiger partial charge in [-0.1, -0.05) is 6.42 Å². The summed E-state index contributed by atoms with van der Waals surface area (Å²) in [6, 6.07) is 0. The summed E-state index contributed by atoms with van der Waals surface area (Å²) < 4.78 is 5.51. The molecule has 0 unspecified atom stereocenters. The summed E-state index contributed by atoms with van der Waals surface area (Å²) in [4.78, 5) is 5.22. The van der Waals surface area contributed by atoms with Crippen LogP contribution in [-0.4, -0.2) is 68.3 Å². The SMILES string of the molecule is COC(C)(C)CCN1CCCN(CCCCCN)CC1. The standard InChI is InChI=1S/C16H35N3O/c1-16(2,20-3)8-13-19-12-7-11-18(14-15-19)10-6-4-5-9-17/h4-15,17H2,1-3H3. The maximum Gasteiger partial charge on any atom is 0.0634 e. The molecule has 1 aliphatic rings. The molecule has 4 nitrogen and oxygen atoms in total. The molecule has 1 fully saturated rings. The van der Waals surface area contributed by atoms with Crippen molar-refractivity contribution in [3.63, 3.8) is 0 Å². The molecule has 0 aromatic heterocycles. The molecule has 1 rings (SSSR count). The molecule has 0 saturated carbocycles. The van der Waals surface area contributed by atoms with Crippen LogP contribution in [0.3, 0.4) is 0 Å². The normalized spacial score (nSPS) is 19.2. The first kappa shape index (κ1) is 17.9. The third kappa shape index (κ3) is 7.58. The lowest BCUT2D eigenvalue weighted by Gasteiger charge is -2.27. The number of nitrogens with two attached hydrogens (primary N) is 1. The molecule has 0 aromatic rings. The number of unbranched alkanes of at least 4 members (excludes halogenated alkanes) is 2. The van der Waals surface area contributed by atoms with Crippen molar-refractivity contribution in [3.8, 4) is 0 Å². The zero-order chi connectivity index (χ0) is 14.8. The van der Waals surface area contributed by atoms with Crippen LogP contribution in [0.2, 0.25) is 0 Å². The van der Waals surface area contributed by atoms with Crippen molar-refractivity contribution in [3.05, 3.63) is 0 Å². The Kier molecular flexibility index (Phi) is 8.69. The molecule has 0 spiro atoms. The van der Waals surface area contributed by atoms with Gasteiger partial charge in [0.1, 0.15) is 0 Å². The lowest BCUT2D eigenvalue weighted by atomic mass is 10.1. The van der Waals surface area contributed by atoms with Gasteiger partial charge < -0.3 is 20.3 Å². The van der Waals surface area contributed by atoms with E-state index in [1.54, 1.807) is 0 Å². The van der Waals surface area contributed by atoms with Crippen molar-refractivity contribution in [1.82, 2.24) is 9.80 Å². The van der Waals surface area contributed by atoms with Crippen LogP contribution in [0.5, 0.6) is 0 Å². The van der Waals surface area contributed by atoms with E-state index < -0.39 is 0 Å². The zero-order valence-electron chi connectivity index (χ0n) is 13.9. The molecular weight excluding hydrogens is 250 g/mol. The van der Waals surface area contributed by atoms with Crippen LogP contribution >= 0.6 is 0 Å². The molecule has 1 saturated heterocycles. The van der Waals surface area contributed by atoms with E-state index in [4.69, 9.17) is 10.5 Å². The highest BCUT2D eigenvalue weighted by atomic mass is 16.5.